The van der Waals surface area contributed by atoms with Crippen molar-refractivity contribution < 1.29 is 4.79 Å². The maximum Gasteiger partial charge on any atom is 0.314 e. The molecule has 5 heteroatoms. The molecule has 96 valence electrons. The molecule has 0 unspecified atom stereocenters. The summed E-state index contributed by atoms with van der Waals surface area (Å²) in [5, 5.41) is 9.97. The molecule has 0 radical (unpaired) electrons. The van der Waals surface area contributed by atoms with E-state index < -0.39 is 0 Å². The van der Waals surface area contributed by atoms with Gasteiger partial charge in [0.05, 0.1) is 5.69 Å². The minimum Gasteiger partial charge on any atom is -0.338 e. The molecular formula is C12H22N4O. The normalized spacial score (nSPS) is 10.4. The Morgan fingerprint density at radius 2 is 1.94 bits per heavy atom. The number of carbonyl (C=O) groups excluding carboxylic acids is 1. The first-order chi connectivity index (χ1) is 8.06. The van der Waals surface area contributed by atoms with E-state index in [1.165, 1.54) is 11.3 Å². The first-order valence-corrected chi connectivity index (χ1v) is 6.07. The summed E-state index contributed by atoms with van der Waals surface area (Å²) < 4.78 is 1.88. The van der Waals surface area contributed by atoms with Crippen LogP contribution in [0.2, 0.25) is 0 Å². The largest absolute Gasteiger partial charge is 0.338 e. The van der Waals surface area contributed by atoms with E-state index in [4.69, 9.17) is 0 Å². The third-order valence-corrected chi connectivity index (χ3v) is 2.85. The Balaban J connectivity index is 2.38. The van der Waals surface area contributed by atoms with Gasteiger partial charge in [0.2, 0.25) is 0 Å². The van der Waals surface area contributed by atoms with Gasteiger partial charge in [-0.05, 0) is 32.3 Å². The number of urea groups is 1. The monoisotopic (exact) mass is 238 g/mol. The van der Waals surface area contributed by atoms with Crippen molar-refractivity contribution in [1.29, 1.82) is 0 Å². The van der Waals surface area contributed by atoms with E-state index in [1.807, 2.05) is 32.5 Å². The molecule has 1 heterocycles. The van der Waals surface area contributed by atoms with Gasteiger partial charge >= 0.3 is 6.03 Å². The van der Waals surface area contributed by atoms with Crippen LogP contribution < -0.4 is 10.6 Å². The van der Waals surface area contributed by atoms with E-state index >= 15 is 0 Å². The molecule has 17 heavy (non-hydrogen) atoms. The molecule has 1 rings (SSSR count). The smallest absolute Gasteiger partial charge is 0.314 e. The summed E-state index contributed by atoms with van der Waals surface area (Å²) in [5.74, 6) is 0. The van der Waals surface area contributed by atoms with Gasteiger partial charge in [0, 0.05) is 25.8 Å². The summed E-state index contributed by atoms with van der Waals surface area (Å²) in [6.45, 7) is 7.44. The summed E-state index contributed by atoms with van der Waals surface area (Å²) in [4.78, 5) is 11.3. The molecule has 0 saturated carbocycles. The lowest BCUT2D eigenvalue weighted by Gasteiger charge is -2.06. The molecule has 0 fully saturated rings. The van der Waals surface area contributed by atoms with Crippen molar-refractivity contribution in [1.82, 2.24) is 20.4 Å². The lowest BCUT2D eigenvalue weighted by atomic mass is 10.1. The minimum atomic E-state index is -0.0916. The Bertz CT molecular complexity index is 384. The van der Waals surface area contributed by atoms with Crippen molar-refractivity contribution in [3.05, 3.63) is 17.0 Å². The van der Waals surface area contributed by atoms with Crippen LogP contribution in [0.4, 0.5) is 4.79 Å². The fourth-order valence-electron chi connectivity index (χ4n) is 1.78. The molecule has 0 aromatic carbocycles. The van der Waals surface area contributed by atoms with Crippen LogP contribution in [0.15, 0.2) is 0 Å². The minimum absolute atomic E-state index is 0.0916. The predicted octanol–water partition coefficient (Wildman–Crippen LogP) is 1.29. The van der Waals surface area contributed by atoms with Crippen LogP contribution in [0.3, 0.4) is 0 Å². The van der Waals surface area contributed by atoms with Gasteiger partial charge in [-0.15, -0.1) is 0 Å². The zero-order valence-electron chi connectivity index (χ0n) is 11.1. The van der Waals surface area contributed by atoms with Gasteiger partial charge in [0.1, 0.15) is 0 Å². The summed E-state index contributed by atoms with van der Waals surface area (Å²) in [7, 11) is 1.94. The van der Waals surface area contributed by atoms with Gasteiger partial charge in [-0.3, -0.25) is 4.68 Å². The van der Waals surface area contributed by atoms with Crippen molar-refractivity contribution in [3.8, 4) is 0 Å². The standard InChI is InChI=1S/C12H22N4O/c1-5-7-13-12(17)14-8-6-11-9(2)15-16(4)10(11)3/h5-8H2,1-4H3,(H2,13,14,17). The Hall–Kier alpha value is -1.52. The molecule has 0 aliphatic carbocycles. The molecule has 0 aliphatic rings. The Labute approximate surface area is 103 Å². The molecule has 2 amide bonds. The topological polar surface area (TPSA) is 59.0 Å². The van der Waals surface area contributed by atoms with Gasteiger partial charge in [0.25, 0.3) is 0 Å². The SMILES string of the molecule is CCCNC(=O)NCCc1c(C)nn(C)c1C. The molecule has 1 aromatic rings. The molecule has 0 spiro atoms. The Morgan fingerprint density at radius 1 is 1.29 bits per heavy atom. The highest BCUT2D eigenvalue weighted by atomic mass is 16.2. The number of aromatic nitrogens is 2. The van der Waals surface area contributed by atoms with Crippen LogP contribution in [-0.2, 0) is 13.5 Å². The van der Waals surface area contributed by atoms with E-state index in [-0.39, 0.29) is 6.03 Å². The number of nitrogens with zero attached hydrogens (tertiary/aromatic N) is 2. The highest BCUT2D eigenvalue weighted by Gasteiger charge is 2.09. The van der Waals surface area contributed by atoms with Gasteiger partial charge in [-0.2, -0.15) is 5.10 Å². The van der Waals surface area contributed by atoms with Crippen LogP contribution >= 0.6 is 0 Å². The van der Waals surface area contributed by atoms with Crippen molar-refractivity contribution in [2.75, 3.05) is 13.1 Å². The van der Waals surface area contributed by atoms with E-state index in [9.17, 15) is 4.79 Å². The van der Waals surface area contributed by atoms with Crippen molar-refractivity contribution >= 4 is 6.03 Å². The van der Waals surface area contributed by atoms with Crippen LogP contribution in [0, 0.1) is 13.8 Å². The van der Waals surface area contributed by atoms with Gasteiger partial charge in [-0.1, -0.05) is 6.92 Å². The fourth-order valence-corrected chi connectivity index (χ4v) is 1.78. The molecule has 5 nitrogen and oxygen atoms in total. The molecule has 0 atom stereocenters. The fraction of sp³-hybridized carbons (Fsp3) is 0.667. The van der Waals surface area contributed by atoms with Gasteiger partial charge in [0.15, 0.2) is 0 Å². The molecule has 1 aromatic heterocycles. The zero-order chi connectivity index (χ0) is 12.8. The number of aryl methyl sites for hydroxylation is 2. The van der Waals surface area contributed by atoms with E-state index in [2.05, 4.69) is 15.7 Å². The average Bonchev–Trinajstić information content (AvgIpc) is 2.53. The summed E-state index contributed by atoms with van der Waals surface area (Å²) in [5.41, 5.74) is 3.43. The average molecular weight is 238 g/mol. The van der Waals surface area contributed by atoms with Crippen molar-refractivity contribution in [2.45, 2.75) is 33.6 Å². The number of carbonyl (C=O) groups is 1. The molecule has 0 bridgehead atoms. The highest BCUT2D eigenvalue weighted by Crippen LogP contribution is 2.11. The van der Waals surface area contributed by atoms with E-state index in [0.29, 0.717) is 6.54 Å². The third-order valence-electron chi connectivity index (χ3n) is 2.85. The first-order valence-electron chi connectivity index (χ1n) is 6.07. The van der Waals surface area contributed by atoms with Crippen molar-refractivity contribution in [2.24, 2.45) is 7.05 Å². The molecule has 2 N–H and O–H groups in total. The van der Waals surface area contributed by atoms with Crippen LogP contribution in [0.1, 0.15) is 30.3 Å². The van der Waals surface area contributed by atoms with Crippen LogP contribution in [-0.4, -0.2) is 28.9 Å². The molecule has 0 aliphatic heterocycles. The zero-order valence-corrected chi connectivity index (χ0v) is 11.1. The third kappa shape index (κ3) is 3.76. The maximum absolute atomic E-state index is 11.3. The lowest BCUT2D eigenvalue weighted by molar-refractivity contribution is 0.241. The van der Waals surface area contributed by atoms with E-state index in [1.54, 1.807) is 0 Å². The maximum atomic E-state index is 11.3. The van der Waals surface area contributed by atoms with Gasteiger partial charge < -0.3 is 10.6 Å². The number of nitrogens with one attached hydrogen (secondary N) is 2. The highest BCUT2D eigenvalue weighted by molar-refractivity contribution is 5.73. The second-order valence-electron chi connectivity index (χ2n) is 4.21. The summed E-state index contributed by atoms with van der Waals surface area (Å²) in [6.07, 6.45) is 1.78. The number of amides is 2. The predicted molar refractivity (Wildman–Crippen MR) is 68.1 cm³/mol. The van der Waals surface area contributed by atoms with Crippen molar-refractivity contribution in [3.63, 3.8) is 0 Å². The quantitative estimate of drug-likeness (QED) is 0.812. The first kappa shape index (κ1) is 13.5. The Kier molecular flexibility index (Phi) is 5.00. The summed E-state index contributed by atoms with van der Waals surface area (Å²) in [6, 6.07) is -0.0916. The van der Waals surface area contributed by atoms with Crippen LogP contribution in [0.5, 0.6) is 0 Å². The second-order valence-corrected chi connectivity index (χ2v) is 4.21. The van der Waals surface area contributed by atoms with Gasteiger partial charge in [-0.25, -0.2) is 4.79 Å². The number of rotatable bonds is 5. The number of hydrogen-bond acceptors (Lipinski definition) is 2. The lowest BCUT2D eigenvalue weighted by Crippen LogP contribution is -2.37. The number of hydrogen-bond donors (Lipinski definition) is 2. The second kappa shape index (κ2) is 6.27. The molecule has 0 saturated heterocycles. The molecular weight excluding hydrogens is 216 g/mol. The Morgan fingerprint density at radius 3 is 2.47 bits per heavy atom. The van der Waals surface area contributed by atoms with Crippen LogP contribution in [0.25, 0.3) is 0 Å². The summed E-state index contributed by atoms with van der Waals surface area (Å²) >= 11 is 0. The van der Waals surface area contributed by atoms with E-state index in [0.717, 1.165) is 25.1 Å².